The maximum Gasteiger partial charge on any atom is 0.241 e. The molecule has 1 aromatic heterocycles. The number of hydrogen-bond donors (Lipinski definition) is 1. The van der Waals surface area contributed by atoms with E-state index in [1.165, 1.54) is 11.3 Å². The molecular formula is C13H19N3OS. The van der Waals surface area contributed by atoms with Crippen LogP contribution in [-0.4, -0.2) is 10.9 Å². The van der Waals surface area contributed by atoms with Crippen LogP contribution >= 0.6 is 11.3 Å². The van der Waals surface area contributed by atoms with E-state index >= 15 is 0 Å². The van der Waals surface area contributed by atoms with Gasteiger partial charge >= 0.3 is 0 Å². The van der Waals surface area contributed by atoms with Crippen LogP contribution in [0.5, 0.6) is 0 Å². The van der Waals surface area contributed by atoms with E-state index < -0.39 is 5.41 Å². The predicted molar refractivity (Wildman–Crippen MR) is 72.0 cm³/mol. The van der Waals surface area contributed by atoms with Gasteiger partial charge in [-0.3, -0.25) is 4.79 Å². The molecule has 5 heteroatoms. The van der Waals surface area contributed by atoms with Gasteiger partial charge in [-0.25, -0.2) is 4.98 Å². The van der Waals surface area contributed by atoms with Gasteiger partial charge in [0.25, 0.3) is 0 Å². The van der Waals surface area contributed by atoms with Crippen molar-refractivity contribution in [2.75, 3.05) is 0 Å². The first-order valence-electron chi connectivity index (χ1n) is 6.13. The molecule has 4 nitrogen and oxygen atoms in total. The molecule has 1 aromatic rings. The Morgan fingerprint density at radius 3 is 2.61 bits per heavy atom. The third-order valence-electron chi connectivity index (χ3n) is 3.21. The fraction of sp³-hybridized carbons (Fsp3) is 0.615. The van der Waals surface area contributed by atoms with Crippen LogP contribution in [0.25, 0.3) is 0 Å². The molecular weight excluding hydrogens is 246 g/mol. The minimum absolute atomic E-state index is 0.151. The lowest BCUT2D eigenvalue weighted by atomic mass is 9.83. The summed E-state index contributed by atoms with van der Waals surface area (Å²) in [6.07, 6.45) is 1.05. The lowest BCUT2D eigenvalue weighted by Crippen LogP contribution is -2.40. The van der Waals surface area contributed by atoms with E-state index in [1.807, 2.05) is 33.1 Å². The highest BCUT2D eigenvalue weighted by molar-refractivity contribution is 7.09. The third-order valence-corrected chi connectivity index (χ3v) is 4.36. The Morgan fingerprint density at radius 1 is 1.61 bits per heavy atom. The van der Waals surface area contributed by atoms with E-state index in [0.717, 1.165) is 10.7 Å². The highest BCUT2D eigenvalue weighted by Gasteiger charge is 2.35. The highest BCUT2D eigenvalue weighted by atomic mass is 32.1. The summed E-state index contributed by atoms with van der Waals surface area (Å²) in [5.74, 6) is -0.199. The van der Waals surface area contributed by atoms with E-state index in [9.17, 15) is 10.1 Å². The Kier molecular flexibility index (Phi) is 4.85. The standard InChI is InChI=1S/C13H19N3OS/c1-5-13(6-2,8-14)12(17)16-10(4)11-15-9(3)7-18-11/h7,10H,5-6H2,1-4H3,(H,16,17). The first kappa shape index (κ1) is 14.7. The first-order chi connectivity index (χ1) is 8.49. The molecule has 98 valence electrons. The van der Waals surface area contributed by atoms with Crippen molar-refractivity contribution < 1.29 is 4.79 Å². The van der Waals surface area contributed by atoms with Gasteiger partial charge in [0.15, 0.2) is 0 Å². The highest BCUT2D eigenvalue weighted by Crippen LogP contribution is 2.27. The molecule has 0 aromatic carbocycles. The minimum Gasteiger partial charge on any atom is -0.346 e. The van der Waals surface area contributed by atoms with E-state index in [4.69, 9.17) is 0 Å². The van der Waals surface area contributed by atoms with Crippen molar-refractivity contribution in [2.24, 2.45) is 5.41 Å². The molecule has 1 heterocycles. The molecule has 18 heavy (non-hydrogen) atoms. The molecule has 0 fully saturated rings. The van der Waals surface area contributed by atoms with E-state index in [0.29, 0.717) is 12.8 Å². The van der Waals surface area contributed by atoms with E-state index in [2.05, 4.69) is 16.4 Å². The molecule has 1 N–H and O–H groups in total. The molecule has 1 amide bonds. The van der Waals surface area contributed by atoms with Gasteiger partial charge in [0, 0.05) is 11.1 Å². The van der Waals surface area contributed by atoms with Crippen LogP contribution < -0.4 is 5.32 Å². The molecule has 0 aliphatic rings. The molecule has 0 spiro atoms. The number of aryl methyl sites for hydroxylation is 1. The number of nitrogens with one attached hydrogen (secondary N) is 1. The normalized spacial score (nSPS) is 12.8. The van der Waals surface area contributed by atoms with Crippen molar-refractivity contribution in [3.8, 4) is 6.07 Å². The summed E-state index contributed by atoms with van der Waals surface area (Å²) in [6, 6.07) is 2.00. The number of nitriles is 1. The Hall–Kier alpha value is -1.41. The summed E-state index contributed by atoms with van der Waals surface area (Å²) < 4.78 is 0. The van der Waals surface area contributed by atoms with Crippen LogP contribution in [-0.2, 0) is 4.79 Å². The molecule has 0 saturated carbocycles. The molecule has 0 radical (unpaired) electrons. The SMILES string of the molecule is CCC(C#N)(CC)C(=O)NC(C)c1nc(C)cs1. The van der Waals surface area contributed by atoms with Gasteiger partial charge in [-0.2, -0.15) is 5.26 Å². The fourth-order valence-corrected chi connectivity index (χ4v) is 2.55. The van der Waals surface area contributed by atoms with Crippen LogP contribution in [0.3, 0.4) is 0 Å². The van der Waals surface area contributed by atoms with Gasteiger partial charge in [0.1, 0.15) is 10.4 Å². The van der Waals surface area contributed by atoms with Crippen LogP contribution in [0, 0.1) is 23.7 Å². The molecule has 0 bridgehead atoms. The van der Waals surface area contributed by atoms with Crippen LogP contribution in [0.1, 0.15) is 50.4 Å². The van der Waals surface area contributed by atoms with Gasteiger partial charge in [0.05, 0.1) is 12.1 Å². The summed E-state index contributed by atoms with van der Waals surface area (Å²) in [6.45, 7) is 7.55. The molecule has 1 atom stereocenters. The molecule has 1 rings (SSSR count). The summed E-state index contributed by atoms with van der Waals surface area (Å²) in [4.78, 5) is 16.5. The maximum atomic E-state index is 12.2. The minimum atomic E-state index is -0.916. The summed E-state index contributed by atoms with van der Waals surface area (Å²) in [5, 5.41) is 14.9. The average molecular weight is 265 g/mol. The number of thiazole rings is 1. The zero-order valence-corrected chi connectivity index (χ0v) is 12.1. The Labute approximate surface area is 112 Å². The zero-order valence-electron chi connectivity index (χ0n) is 11.3. The number of hydrogen-bond acceptors (Lipinski definition) is 4. The number of carbonyl (C=O) groups is 1. The quantitative estimate of drug-likeness (QED) is 0.890. The molecule has 1 unspecified atom stereocenters. The maximum absolute atomic E-state index is 12.2. The Balaban J connectivity index is 2.79. The largest absolute Gasteiger partial charge is 0.346 e. The second-order valence-corrected chi connectivity index (χ2v) is 5.31. The second-order valence-electron chi connectivity index (χ2n) is 4.42. The van der Waals surface area contributed by atoms with Gasteiger partial charge < -0.3 is 5.32 Å². The van der Waals surface area contributed by atoms with Gasteiger partial charge in [-0.15, -0.1) is 11.3 Å². The van der Waals surface area contributed by atoms with Crippen LogP contribution in [0.4, 0.5) is 0 Å². The first-order valence-corrected chi connectivity index (χ1v) is 7.01. The van der Waals surface area contributed by atoms with Crippen molar-refractivity contribution in [3.05, 3.63) is 16.1 Å². The number of aromatic nitrogens is 1. The molecule has 0 saturated heterocycles. The number of carbonyl (C=O) groups excluding carboxylic acids is 1. The van der Waals surface area contributed by atoms with Crippen molar-refractivity contribution in [1.82, 2.24) is 10.3 Å². The van der Waals surface area contributed by atoms with Crippen molar-refractivity contribution in [2.45, 2.75) is 46.6 Å². The second kappa shape index (κ2) is 5.96. The summed E-state index contributed by atoms with van der Waals surface area (Å²) in [5.41, 5.74) is 0.0363. The Morgan fingerprint density at radius 2 is 2.22 bits per heavy atom. The number of nitrogens with zero attached hydrogens (tertiary/aromatic N) is 2. The van der Waals surface area contributed by atoms with Gasteiger partial charge in [0.2, 0.25) is 5.91 Å². The molecule has 0 aliphatic heterocycles. The number of amides is 1. The monoisotopic (exact) mass is 265 g/mol. The lowest BCUT2D eigenvalue weighted by molar-refractivity contribution is -0.129. The fourth-order valence-electron chi connectivity index (χ4n) is 1.75. The summed E-state index contributed by atoms with van der Waals surface area (Å²) in [7, 11) is 0. The van der Waals surface area contributed by atoms with Gasteiger partial charge in [-0.1, -0.05) is 13.8 Å². The van der Waals surface area contributed by atoms with Crippen LogP contribution in [0.2, 0.25) is 0 Å². The number of rotatable bonds is 5. The summed E-state index contributed by atoms with van der Waals surface area (Å²) >= 11 is 1.52. The van der Waals surface area contributed by atoms with E-state index in [-0.39, 0.29) is 11.9 Å². The van der Waals surface area contributed by atoms with Crippen molar-refractivity contribution in [3.63, 3.8) is 0 Å². The van der Waals surface area contributed by atoms with Crippen LogP contribution in [0.15, 0.2) is 5.38 Å². The average Bonchev–Trinajstić information content (AvgIpc) is 2.79. The predicted octanol–water partition coefficient (Wildman–Crippen LogP) is 2.96. The third kappa shape index (κ3) is 2.88. The van der Waals surface area contributed by atoms with Gasteiger partial charge in [-0.05, 0) is 26.7 Å². The smallest absolute Gasteiger partial charge is 0.241 e. The lowest BCUT2D eigenvalue weighted by Gasteiger charge is -2.24. The van der Waals surface area contributed by atoms with Crippen molar-refractivity contribution in [1.29, 1.82) is 5.26 Å². The topological polar surface area (TPSA) is 65.8 Å². The zero-order chi connectivity index (χ0) is 13.8. The van der Waals surface area contributed by atoms with E-state index in [1.54, 1.807) is 0 Å². The van der Waals surface area contributed by atoms with Crippen molar-refractivity contribution >= 4 is 17.2 Å². The Bertz CT molecular complexity index is 457. The molecule has 0 aliphatic carbocycles.